The van der Waals surface area contributed by atoms with Crippen molar-refractivity contribution in [2.45, 2.75) is 39.0 Å². The SMILES string of the molecule is CCOC(=O)C1=C(C)N=C2C[C@H](c3ccc(OC)cc3)[C@@H](C(=O)OCC)C(=O)C2[C@@H]1c1ccccc1. The van der Waals surface area contributed by atoms with Gasteiger partial charge in [0.15, 0.2) is 5.78 Å². The molecule has 0 N–H and O–H groups in total. The van der Waals surface area contributed by atoms with Crippen LogP contribution >= 0.6 is 0 Å². The zero-order valence-corrected chi connectivity index (χ0v) is 21.0. The number of carbonyl (C=O) groups is 3. The van der Waals surface area contributed by atoms with Crippen molar-refractivity contribution in [3.8, 4) is 5.75 Å². The van der Waals surface area contributed by atoms with Gasteiger partial charge in [-0.15, -0.1) is 0 Å². The highest BCUT2D eigenvalue weighted by molar-refractivity contribution is 6.17. The number of hydrogen-bond acceptors (Lipinski definition) is 7. The number of rotatable bonds is 7. The van der Waals surface area contributed by atoms with Crippen LogP contribution in [-0.2, 0) is 23.9 Å². The van der Waals surface area contributed by atoms with Gasteiger partial charge in [0.05, 0.1) is 31.8 Å². The Morgan fingerprint density at radius 1 is 0.917 bits per heavy atom. The Bertz CT molecular complexity index is 1200. The fourth-order valence-electron chi connectivity index (χ4n) is 5.34. The van der Waals surface area contributed by atoms with Crippen LogP contribution in [0.1, 0.15) is 50.2 Å². The van der Waals surface area contributed by atoms with Crippen LogP contribution in [0.4, 0.5) is 0 Å². The minimum Gasteiger partial charge on any atom is -0.497 e. The van der Waals surface area contributed by atoms with Crippen LogP contribution in [0.5, 0.6) is 5.75 Å². The van der Waals surface area contributed by atoms with Crippen molar-refractivity contribution in [1.82, 2.24) is 0 Å². The van der Waals surface area contributed by atoms with E-state index in [2.05, 4.69) is 0 Å². The van der Waals surface area contributed by atoms with Gasteiger partial charge in [-0.1, -0.05) is 42.5 Å². The van der Waals surface area contributed by atoms with Crippen molar-refractivity contribution in [3.63, 3.8) is 0 Å². The van der Waals surface area contributed by atoms with E-state index in [0.29, 0.717) is 29.2 Å². The summed E-state index contributed by atoms with van der Waals surface area (Å²) in [7, 11) is 1.59. The molecule has 1 aliphatic carbocycles. The molecule has 188 valence electrons. The summed E-state index contributed by atoms with van der Waals surface area (Å²) in [5.74, 6) is -3.48. The quantitative estimate of drug-likeness (QED) is 0.416. The molecule has 0 bridgehead atoms. The molecular formula is C29H31NO6. The Labute approximate surface area is 211 Å². The second-order valence-electron chi connectivity index (χ2n) is 8.90. The van der Waals surface area contributed by atoms with Gasteiger partial charge < -0.3 is 14.2 Å². The first-order chi connectivity index (χ1) is 17.4. The topological polar surface area (TPSA) is 91.3 Å². The molecule has 2 aromatic rings. The third-order valence-electron chi connectivity index (χ3n) is 6.89. The molecule has 0 saturated heterocycles. The molecule has 7 nitrogen and oxygen atoms in total. The molecular weight excluding hydrogens is 458 g/mol. The number of benzene rings is 2. The lowest BCUT2D eigenvalue weighted by Gasteiger charge is -2.41. The van der Waals surface area contributed by atoms with Crippen LogP contribution in [0, 0.1) is 11.8 Å². The van der Waals surface area contributed by atoms with Gasteiger partial charge in [0, 0.05) is 23.2 Å². The van der Waals surface area contributed by atoms with E-state index < -0.39 is 35.6 Å². The Morgan fingerprint density at radius 2 is 1.58 bits per heavy atom. The maximum Gasteiger partial charge on any atom is 0.336 e. The molecule has 1 fully saturated rings. The molecule has 1 unspecified atom stereocenters. The molecule has 0 radical (unpaired) electrons. The molecule has 2 aromatic carbocycles. The molecule has 1 heterocycles. The van der Waals surface area contributed by atoms with E-state index in [-0.39, 0.29) is 19.0 Å². The lowest BCUT2D eigenvalue weighted by atomic mass is 9.62. The first-order valence-electron chi connectivity index (χ1n) is 12.3. The van der Waals surface area contributed by atoms with Gasteiger partial charge in [0.25, 0.3) is 0 Å². The molecule has 0 amide bonds. The van der Waals surface area contributed by atoms with Crippen molar-refractivity contribution in [3.05, 3.63) is 77.0 Å². The molecule has 1 aliphatic heterocycles. The minimum atomic E-state index is -1.02. The molecule has 4 rings (SSSR count). The number of nitrogens with zero attached hydrogens (tertiary/aromatic N) is 1. The fraction of sp³-hybridized carbons (Fsp3) is 0.379. The third-order valence-corrected chi connectivity index (χ3v) is 6.89. The van der Waals surface area contributed by atoms with Gasteiger partial charge >= 0.3 is 11.9 Å². The van der Waals surface area contributed by atoms with Crippen molar-refractivity contribution < 1.29 is 28.6 Å². The van der Waals surface area contributed by atoms with Crippen LogP contribution in [0.3, 0.4) is 0 Å². The smallest absolute Gasteiger partial charge is 0.336 e. The number of ketones is 1. The van der Waals surface area contributed by atoms with Crippen molar-refractivity contribution in [2.75, 3.05) is 20.3 Å². The standard InChI is InChI=1S/C29H31NO6/c1-5-35-28(32)23-17(3)30-22-16-21(18-12-14-20(34-4)15-13-18)25(29(33)36-6-2)27(31)26(22)24(23)19-10-8-7-9-11-19/h7-15,21,24-26H,5-6,16H2,1-4H3/t21-,24-,25-,26?/m1/s1. The molecule has 4 atom stereocenters. The van der Waals surface area contributed by atoms with Gasteiger partial charge in [-0.3, -0.25) is 14.6 Å². The number of hydrogen-bond donors (Lipinski definition) is 0. The monoisotopic (exact) mass is 489 g/mol. The summed E-state index contributed by atoms with van der Waals surface area (Å²) in [6, 6.07) is 16.8. The van der Waals surface area contributed by atoms with Crippen LogP contribution in [0.2, 0.25) is 0 Å². The normalized spacial score (nSPS) is 23.4. The van der Waals surface area contributed by atoms with E-state index in [1.54, 1.807) is 27.9 Å². The number of allylic oxidation sites excluding steroid dienone is 1. The number of esters is 2. The number of fused-ring (bicyclic) bond motifs is 1. The van der Waals surface area contributed by atoms with E-state index in [1.165, 1.54) is 0 Å². The van der Waals surface area contributed by atoms with Crippen molar-refractivity contribution >= 4 is 23.4 Å². The highest BCUT2D eigenvalue weighted by atomic mass is 16.5. The highest BCUT2D eigenvalue weighted by Crippen LogP contribution is 2.48. The number of ether oxygens (including phenoxy) is 3. The second kappa shape index (κ2) is 10.9. The average Bonchev–Trinajstić information content (AvgIpc) is 2.88. The maximum absolute atomic E-state index is 14.2. The molecule has 2 aliphatic rings. The summed E-state index contributed by atoms with van der Waals surface area (Å²) in [6.07, 6.45) is 0.392. The van der Waals surface area contributed by atoms with E-state index >= 15 is 0 Å². The summed E-state index contributed by atoms with van der Waals surface area (Å²) in [5.41, 5.74) is 3.19. The summed E-state index contributed by atoms with van der Waals surface area (Å²) in [4.78, 5) is 45.3. The lowest BCUT2D eigenvalue weighted by Crippen LogP contribution is -2.48. The largest absolute Gasteiger partial charge is 0.497 e. The predicted molar refractivity (Wildman–Crippen MR) is 135 cm³/mol. The van der Waals surface area contributed by atoms with E-state index in [1.807, 2.05) is 54.6 Å². The minimum absolute atomic E-state index is 0.165. The van der Waals surface area contributed by atoms with Gasteiger partial charge in [-0.2, -0.15) is 0 Å². The number of aliphatic imine (C=N–C) groups is 1. The van der Waals surface area contributed by atoms with Crippen LogP contribution < -0.4 is 4.74 Å². The maximum atomic E-state index is 14.2. The fourth-order valence-corrected chi connectivity index (χ4v) is 5.34. The van der Waals surface area contributed by atoms with Crippen LogP contribution in [0.15, 0.2) is 70.9 Å². The summed E-state index contributed by atoms with van der Waals surface area (Å²) in [5, 5.41) is 0. The van der Waals surface area contributed by atoms with Gasteiger partial charge in [-0.25, -0.2) is 4.79 Å². The Hall–Kier alpha value is -3.74. The molecule has 7 heteroatoms. The van der Waals surface area contributed by atoms with Crippen LogP contribution in [-0.4, -0.2) is 43.8 Å². The van der Waals surface area contributed by atoms with Crippen molar-refractivity contribution in [1.29, 1.82) is 0 Å². The van der Waals surface area contributed by atoms with E-state index in [0.717, 1.165) is 11.1 Å². The first-order valence-corrected chi connectivity index (χ1v) is 12.3. The second-order valence-corrected chi connectivity index (χ2v) is 8.90. The van der Waals surface area contributed by atoms with E-state index in [4.69, 9.17) is 19.2 Å². The summed E-state index contributed by atoms with van der Waals surface area (Å²) < 4.78 is 16.0. The summed E-state index contributed by atoms with van der Waals surface area (Å²) in [6.45, 7) is 5.61. The summed E-state index contributed by atoms with van der Waals surface area (Å²) >= 11 is 0. The van der Waals surface area contributed by atoms with E-state index in [9.17, 15) is 14.4 Å². The Balaban J connectivity index is 1.86. The number of methoxy groups -OCH3 is 1. The zero-order valence-electron chi connectivity index (χ0n) is 21.0. The van der Waals surface area contributed by atoms with Gasteiger partial charge in [-0.05, 0) is 50.5 Å². The van der Waals surface area contributed by atoms with Crippen molar-refractivity contribution in [2.24, 2.45) is 16.8 Å². The molecule has 36 heavy (non-hydrogen) atoms. The first kappa shape index (κ1) is 25.4. The highest BCUT2D eigenvalue weighted by Gasteiger charge is 2.52. The Morgan fingerprint density at radius 3 is 2.19 bits per heavy atom. The third kappa shape index (κ3) is 4.70. The van der Waals surface area contributed by atoms with Crippen LogP contribution in [0.25, 0.3) is 0 Å². The molecule has 1 saturated carbocycles. The predicted octanol–water partition coefficient (Wildman–Crippen LogP) is 4.62. The average molecular weight is 490 g/mol. The van der Waals surface area contributed by atoms with Gasteiger partial charge in [0.2, 0.25) is 0 Å². The lowest BCUT2D eigenvalue weighted by molar-refractivity contribution is -0.153. The van der Waals surface area contributed by atoms with Gasteiger partial charge in [0.1, 0.15) is 11.7 Å². The molecule has 0 spiro atoms. The Kier molecular flexibility index (Phi) is 7.67. The molecule has 0 aromatic heterocycles. The zero-order chi connectivity index (χ0) is 25.8. The number of Topliss-reactive ketones (excluding diaryl/α,β-unsaturated/α-hetero) is 1. The number of carbonyl (C=O) groups excluding carboxylic acids is 3.